The van der Waals surface area contributed by atoms with E-state index in [4.69, 9.17) is 23.8 Å². The van der Waals surface area contributed by atoms with E-state index in [0.717, 1.165) is 34.8 Å². The van der Waals surface area contributed by atoms with Gasteiger partial charge in [-0.3, -0.25) is 19.4 Å². The number of aromatic amines is 1. The molecule has 2 aromatic carbocycles. The minimum Gasteiger partial charge on any atom is -0.353 e. The molecule has 1 unspecified atom stereocenters. The average molecular weight is 456 g/mol. The Kier molecular flexibility index (Phi) is 6.85. The third-order valence-electron chi connectivity index (χ3n) is 5.67. The van der Waals surface area contributed by atoms with Crippen molar-refractivity contribution in [1.29, 1.82) is 0 Å². The summed E-state index contributed by atoms with van der Waals surface area (Å²) in [5.41, 5.74) is 3.09. The Labute approximate surface area is 192 Å². The second-order valence-electron chi connectivity index (χ2n) is 7.89. The monoisotopic (exact) mass is 455 g/mol. The quantitative estimate of drug-likeness (QED) is 0.514. The highest BCUT2D eigenvalue weighted by Gasteiger charge is 2.25. The van der Waals surface area contributed by atoms with E-state index in [0.29, 0.717) is 17.1 Å². The molecule has 31 heavy (non-hydrogen) atoms. The van der Waals surface area contributed by atoms with Crippen LogP contribution in [0, 0.1) is 11.7 Å². The van der Waals surface area contributed by atoms with Crippen molar-refractivity contribution in [2.24, 2.45) is 0 Å². The number of H-pyrrole nitrogens is 1. The third kappa shape index (κ3) is 5.06. The second kappa shape index (κ2) is 9.77. The number of hydrogen-bond acceptors (Lipinski definition) is 4. The number of halogens is 1. The number of rotatable bonds is 7. The topological polar surface area (TPSA) is 66.0 Å². The van der Waals surface area contributed by atoms with Crippen molar-refractivity contribution in [3.8, 4) is 11.4 Å². The Morgan fingerprint density at radius 1 is 1.23 bits per heavy atom. The molecular weight excluding hydrogens is 430 g/mol. The standard InChI is InChI=1S/C23H26ClN5OS/c1-16-7-6-8-17(13-16)22-26-27-23(31)29(22)15-21(30)25-14-20(28-11-4-5-12-28)18-9-2-3-10-19(18)24/h2-3,6-10,13,20H,4-5,11-12,14-15H2,1H3,(H,25,30)(H,27,31). The maximum Gasteiger partial charge on any atom is 0.240 e. The maximum absolute atomic E-state index is 12.9. The lowest BCUT2D eigenvalue weighted by Gasteiger charge is -2.29. The first kappa shape index (κ1) is 21.7. The summed E-state index contributed by atoms with van der Waals surface area (Å²) in [5, 5.41) is 11.0. The van der Waals surface area contributed by atoms with E-state index in [-0.39, 0.29) is 18.5 Å². The molecule has 1 atom stereocenters. The maximum atomic E-state index is 12.9. The van der Waals surface area contributed by atoms with Gasteiger partial charge in [-0.2, -0.15) is 5.10 Å². The van der Waals surface area contributed by atoms with Gasteiger partial charge in [-0.1, -0.05) is 53.6 Å². The molecule has 0 aliphatic carbocycles. The average Bonchev–Trinajstić information content (AvgIpc) is 3.40. The molecule has 1 aliphatic rings. The van der Waals surface area contributed by atoms with Gasteiger partial charge in [0.05, 0.1) is 6.04 Å². The van der Waals surface area contributed by atoms with Crippen LogP contribution in [0.3, 0.4) is 0 Å². The molecule has 1 saturated heterocycles. The number of hydrogen-bond donors (Lipinski definition) is 2. The summed E-state index contributed by atoms with van der Waals surface area (Å²) < 4.78 is 2.16. The van der Waals surface area contributed by atoms with Crippen LogP contribution in [0.25, 0.3) is 11.4 Å². The Balaban J connectivity index is 1.49. The van der Waals surface area contributed by atoms with Crippen molar-refractivity contribution in [3.63, 3.8) is 0 Å². The van der Waals surface area contributed by atoms with Crippen LogP contribution in [-0.4, -0.2) is 45.2 Å². The number of aryl methyl sites for hydroxylation is 1. The molecular formula is C23H26ClN5OS. The molecule has 1 amide bonds. The molecule has 6 nitrogen and oxygen atoms in total. The molecule has 4 rings (SSSR count). The van der Waals surface area contributed by atoms with Crippen LogP contribution >= 0.6 is 23.8 Å². The molecule has 0 radical (unpaired) electrons. The first-order chi connectivity index (χ1) is 15.0. The van der Waals surface area contributed by atoms with E-state index in [9.17, 15) is 4.79 Å². The summed E-state index contributed by atoms with van der Waals surface area (Å²) in [5.74, 6) is 0.550. The largest absolute Gasteiger partial charge is 0.353 e. The number of nitrogens with zero attached hydrogens (tertiary/aromatic N) is 3. The highest BCUT2D eigenvalue weighted by Crippen LogP contribution is 2.29. The lowest BCUT2D eigenvalue weighted by molar-refractivity contribution is -0.121. The van der Waals surface area contributed by atoms with Crippen LogP contribution in [0.5, 0.6) is 0 Å². The van der Waals surface area contributed by atoms with Crippen molar-refractivity contribution in [2.75, 3.05) is 19.6 Å². The third-order valence-corrected chi connectivity index (χ3v) is 6.33. The molecule has 8 heteroatoms. The summed E-state index contributed by atoms with van der Waals surface area (Å²) >= 11 is 11.9. The Morgan fingerprint density at radius 3 is 2.74 bits per heavy atom. The number of nitrogens with one attached hydrogen (secondary N) is 2. The predicted molar refractivity (Wildman–Crippen MR) is 126 cm³/mol. The molecule has 1 fully saturated rings. The molecule has 0 spiro atoms. The van der Waals surface area contributed by atoms with Gasteiger partial charge in [0.2, 0.25) is 5.91 Å². The lowest BCUT2D eigenvalue weighted by atomic mass is 10.1. The smallest absolute Gasteiger partial charge is 0.240 e. The summed E-state index contributed by atoms with van der Waals surface area (Å²) in [6.07, 6.45) is 2.33. The Morgan fingerprint density at radius 2 is 2.00 bits per heavy atom. The van der Waals surface area contributed by atoms with Gasteiger partial charge in [-0.25, -0.2) is 0 Å². The van der Waals surface area contributed by atoms with Crippen LogP contribution in [0.15, 0.2) is 48.5 Å². The van der Waals surface area contributed by atoms with Gasteiger partial charge in [-0.05, 0) is 62.8 Å². The fourth-order valence-corrected chi connectivity index (χ4v) is 4.57. The lowest BCUT2D eigenvalue weighted by Crippen LogP contribution is -2.38. The Hall–Kier alpha value is -2.48. The van der Waals surface area contributed by atoms with Crippen molar-refractivity contribution in [2.45, 2.75) is 32.4 Å². The second-order valence-corrected chi connectivity index (χ2v) is 8.69. The van der Waals surface area contributed by atoms with Crippen LogP contribution in [0.2, 0.25) is 5.02 Å². The normalized spacial score (nSPS) is 15.2. The number of aromatic nitrogens is 3. The number of likely N-dealkylation sites (tertiary alicyclic amines) is 1. The number of carbonyl (C=O) groups excluding carboxylic acids is 1. The zero-order valence-corrected chi connectivity index (χ0v) is 19.0. The van der Waals surface area contributed by atoms with Gasteiger partial charge >= 0.3 is 0 Å². The van der Waals surface area contributed by atoms with Gasteiger partial charge < -0.3 is 5.32 Å². The van der Waals surface area contributed by atoms with E-state index < -0.39 is 0 Å². The van der Waals surface area contributed by atoms with Gasteiger partial charge in [0.15, 0.2) is 10.6 Å². The molecule has 2 heterocycles. The van der Waals surface area contributed by atoms with Crippen LogP contribution < -0.4 is 5.32 Å². The van der Waals surface area contributed by atoms with Gasteiger partial charge in [0, 0.05) is 17.1 Å². The highest BCUT2D eigenvalue weighted by atomic mass is 35.5. The van der Waals surface area contributed by atoms with Crippen LogP contribution in [0.4, 0.5) is 0 Å². The molecule has 3 aromatic rings. The number of carbonyl (C=O) groups is 1. The van der Waals surface area contributed by atoms with Crippen molar-refractivity contribution in [1.82, 2.24) is 25.0 Å². The molecule has 1 aliphatic heterocycles. The minimum absolute atomic E-state index is 0.0497. The molecule has 0 saturated carbocycles. The SMILES string of the molecule is Cc1cccc(-c2n[nH]c(=S)n2CC(=O)NCC(c2ccccc2Cl)N2CCCC2)c1. The number of amides is 1. The van der Waals surface area contributed by atoms with E-state index in [1.165, 1.54) is 12.8 Å². The summed E-state index contributed by atoms with van der Waals surface area (Å²) in [6.45, 7) is 4.64. The van der Waals surface area contributed by atoms with E-state index in [1.807, 2.05) is 55.5 Å². The van der Waals surface area contributed by atoms with Gasteiger partial charge in [0.25, 0.3) is 0 Å². The van der Waals surface area contributed by atoms with Crippen LogP contribution in [-0.2, 0) is 11.3 Å². The van der Waals surface area contributed by atoms with E-state index in [1.54, 1.807) is 4.57 Å². The van der Waals surface area contributed by atoms with Crippen LogP contribution in [0.1, 0.15) is 30.0 Å². The summed E-state index contributed by atoms with van der Waals surface area (Å²) in [4.78, 5) is 15.3. The zero-order chi connectivity index (χ0) is 21.8. The molecule has 1 aromatic heterocycles. The van der Waals surface area contributed by atoms with Gasteiger partial charge in [0.1, 0.15) is 6.54 Å². The van der Waals surface area contributed by atoms with Crippen molar-refractivity contribution in [3.05, 3.63) is 69.5 Å². The van der Waals surface area contributed by atoms with E-state index >= 15 is 0 Å². The first-order valence-corrected chi connectivity index (χ1v) is 11.3. The molecule has 0 bridgehead atoms. The molecule has 162 valence electrons. The fraction of sp³-hybridized carbons (Fsp3) is 0.348. The zero-order valence-electron chi connectivity index (χ0n) is 17.5. The van der Waals surface area contributed by atoms with Gasteiger partial charge in [-0.15, -0.1) is 0 Å². The minimum atomic E-state index is -0.109. The van der Waals surface area contributed by atoms with E-state index in [2.05, 4.69) is 20.4 Å². The Bertz CT molecular complexity index is 1120. The van der Waals surface area contributed by atoms with Crippen molar-refractivity contribution < 1.29 is 4.79 Å². The number of benzene rings is 2. The fourth-order valence-electron chi connectivity index (χ4n) is 4.11. The highest BCUT2D eigenvalue weighted by molar-refractivity contribution is 7.71. The summed E-state index contributed by atoms with van der Waals surface area (Å²) in [6, 6.07) is 15.9. The molecule has 2 N–H and O–H groups in total. The summed E-state index contributed by atoms with van der Waals surface area (Å²) in [7, 11) is 0. The van der Waals surface area contributed by atoms with Crippen molar-refractivity contribution >= 4 is 29.7 Å². The first-order valence-electron chi connectivity index (χ1n) is 10.5. The predicted octanol–water partition coefficient (Wildman–Crippen LogP) is 4.52.